The number of nitrogens with zero attached hydrogens (tertiary/aromatic N) is 4. The topological polar surface area (TPSA) is 59.4 Å². The number of hydrogen-bond acceptors (Lipinski definition) is 3. The first-order valence-electron chi connectivity index (χ1n) is 9.41. The third-order valence-electron chi connectivity index (χ3n) is 4.96. The second kappa shape index (κ2) is 7.69. The normalized spacial score (nSPS) is 12.0. The number of fused-ring (bicyclic) bond motifs is 1. The monoisotopic (exact) mass is 399 g/mol. The summed E-state index contributed by atoms with van der Waals surface area (Å²) in [5, 5.41) is 16.7. The zero-order valence-electron chi connectivity index (χ0n) is 15.9. The van der Waals surface area contributed by atoms with Crippen molar-refractivity contribution >= 4 is 10.9 Å². The molecule has 4 rings (SSSR count). The van der Waals surface area contributed by atoms with E-state index in [9.17, 15) is 13.2 Å². The molecular formula is C21H20F3N5. The number of aromatic amines is 1. The molecule has 0 atom stereocenters. The minimum absolute atomic E-state index is 0.611. The van der Waals surface area contributed by atoms with Crippen LogP contribution in [0.3, 0.4) is 0 Å². The molecule has 4 aromatic rings. The Morgan fingerprint density at radius 2 is 1.83 bits per heavy atom. The summed E-state index contributed by atoms with van der Waals surface area (Å²) in [6, 6.07) is 11.3. The lowest BCUT2D eigenvalue weighted by atomic mass is 10.1. The summed E-state index contributed by atoms with van der Waals surface area (Å²) in [7, 11) is 0. The van der Waals surface area contributed by atoms with Crippen molar-refractivity contribution < 1.29 is 13.2 Å². The number of benzene rings is 2. The van der Waals surface area contributed by atoms with Crippen LogP contribution in [0.2, 0.25) is 0 Å². The molecule has 5 nitrogen and oxygen atoms in total. The fraction of sp³-hybridized carbons (Fsp3) is 0.286. The first-order chi connectivity index (χ1) is 13.9. The highest BCUT2D eigenvalue weighted by molar-refractivity contribution is 5.85. The van der Waals surface area contributed by atoms with Crippen molar-refractivity contribution in [2.24, 2.45) is 0 Å². The van der Waals surface area contributed by atoms with Gasteiger partial charge in [0.25, 0.3) is 0 Å². The van der Waals surface area contributed by atoms with Crippen LogP contribution in [-0.4, -0.2) is 25.2 Å². The Kier molecular flexibility index (Phi) is 5.08. The fourth-order valence-electron chi connectivity index (χ4n) is 3.30. The Morgan fingerprint density at radius 3 is 2.59 bits per heavy atom. The highest BCUT2D eigenvalue weighted by atomic mass is 19.4. The third-order valence-corrected chi connectivity index (χ3v) is 4.96. The van der Waals surface area contributed by atoms with E-state index < -0.39 is 11.7 Å². The molecule has 0 radical (unpaired) electrons. The number of nitrogens with one attached hydrogen (secondary N) is 1. The van der Waals surface area contributed by atoms with Crippen LogP contribution >= 0.6 is 0 Å². The second-order valence-corrected chi connectivity index (χ2v) is 7.10. The third kappa shape index (κ3) is 4.31. The van der Waals surface area contributed by atoms with Gasteiger partial charge < -0.3 is 0 Å². The van der Waals surface area contributed by atoms with E-state index in [-0.39, 0.29) is 0 Å². The minimum atomic E-state index is -4.29. The van der Waals surface area contributed by atoms with Gasteiger partial charge in [-0.05, 0) is 56.0 Å². The molecule has 1 N–H and O–H groups in total. The van der Waals surface area contributed by atoms with Gasteiger partial charge in [-0.25, -0.2) is 0 Å². The molecule has 0 amide bonds. The highest BCUT2D eigenvalue weighted by Crippen LogP contribution is 2.29. The molecule has 0 aliphatic heterocycles. The minimum Gasteiger partial charge on any atom is -0.282 e. The summed E-state index contributed by atoms with van der Waals surface area (Å²) in [4.78, 5) is 0. The Hall–Kier alpha value is -3.16. The number of aryl methyl sites for hydroxylation is 3. The van der Waals surface area contributed by atoms with Gasteiger partial charge in [0, 0.05) is 23.2 Å². The van der Waals surface area contributed by atoms with Crippen molar-refractivity contribution in [3.63, 3.8) is 0 Å². The summed E-state index contributed by atoms with van der Waals surface area (Å²) in [6.07, 6.45) is 0.0828. The van der Waals surface area contributed by atoms with Crippen LogP contribution in [-0.2, 0) is 19.1 Å². The smallest absolute Gasteiger partial charge is 0.282 e. The van der Waals surface area contributed by atoms with Gasteiger partial charge >= 0.3 is 6.18 Å². The number of alkyl halides is 3. The largest absolute Gasteiger partial charge is 0.416 e. The van der Waals surface area contributed by atoms with Crippen molar-refractivity contribution in [3.8, 4) is 11.3 Å². The second-order valence-electron chi connectivity index (χ2n) is 7.10. The molecule has 0 saturated heterocycles. The van der Waals surface area contributed by atoms with E-state index in [1.807, 2.05) is 31.3 Å². The van der Waals surface area contributed by atoms with Gasteiger partial charge in [-0.1, -0.05) is 23.4 Å². The number of halogens is 3. The lowest BCUT2D eigenvalue weighted by Crippen LogP contribution is -2.04. The van der Waals surface area contributed by atoms with E-state index in [0.717, 1.165) is 64.8 Å². The van der Waals surface area contributed by atoms with Gasteiger partial charge in [0.05, 0.1) is 17.3 Å². The molecular weight excluding hydrogens is 379 g/mol. The molecule has 2 aromatic heterocycles. The average molecular weight is 399 g/mol. The van der Waals surface area contributed by atoms with Gasteiger partial charge in [-0.15, -0.1) is 5.10 Å². The lowest BCUT2D eigenvalue weighted by molar-refractivity contribution is -0.137. The van der Waals surface area contributed by atoms with Gasteiger partial charge in [-0.3, -0.25) is 9.78 Å². The summed E-state index contributed by atoms with van der Waals surface area (Å²) in [5.41, 5.74) is 4.01. The fourth-order valence-corrected chi connectivity index (χ4v) is 3.30. The zero-order valence-corrected chi connectivity index (χ0v) is 15.9. The van der Waals surface area contributed by atoms with Crippen molar-refractivity contribution in [1.82, 2.24) is 25.2 Å². The quantitative estimate of drug-likeness (QED) is 0.455. The van der Waals surface area contributed by atoms with Crippen LogP contribution < -0.4 is 0 Å². The van der Waals surface area contributed by atoms with Crippen LogP contribution in [0.4, 0.5) is 13.2 Å². The number of unbranched alkanes of at least 4 members (excludes halogenated alkanes) is 1. The average Bonchev–Trinajstić information content (AvgIpc) is 3.32. The van der Waals surface area contributed by atoms with Crippen molar-refractivity contribution in [2.45, 2.75) is 38.9 Å². The number of hydrogen-bond donors (Lipinski definition) is 1. The standard InChI is InChI=1S/C21H20F3N5/c1-14-18-12-16(7-10-19(18)26-25-14)20-13-29(28-27-20)11-3-2-4-15-5-8-17(9-6-15)21(22,23)24/h5-10,12-13H,2-4,11H2,1H3,(H,25,26). The van der Waals surface area contributed by atoms with Crippen molar-refractivity contribution in [1.29, 1.82) is 0 Å². The maximum atomic E-state index is 12.6. The Labute approximate surface area is 165 Å². The van der Waals surface area contributed by atoms with Crippen LogP contribution in [0.1, 0.15) is 29.7 Å². The van der Waals surface area contributed by atoms with Crippen LogP contribution in [0, 0.1) is 6.92 Å². The van der Waals surface area contributed by atoms with Gasteiger partial charge in [-0.2, -0.15) is 18.3 Å². The van der Waals surface area contributed by atoms with E-state index in [2.05, 4.69) is 20.5 Å². The van der Waals surface area contributed by atoms with Crippen LogP contribution in [0.5, 0.6) is 0 Å². The summed E-state index contributed by atoms with van der Waals surface area (Å²) in [5.74, 6) is 0. The molecule has 0 fully saturated rings. The van der Waals surface area contributed by atoms with E-state index in [0.29, 0.717) is 6.54 Å². The highest BCUT2D eigenvalue weighted by Gasteiger charge is 2.29. The number of aromatic nitrogens is 5. The Balaban J connectivity index is 1.32. The number of H-pyrrole nitrogens is 1. The summed E-state index contributed by atoms with van der Waals surface area (Å²) in [6.45, 7) is 2.69. The molecule has 29 heavy (non-hydrogen) atoms. The van der Waals surface area contributed by atoms with Gasteiger partial charge in [0.2, 0.25) is 0 Å². The summed E-state index contributed by atoms with van der Waals surface area (Å²) >= 11 is 0. The molecule has 0 aliphatic carbocycles. The molecule has 2 aromatic carbocycles. The predicted octanol–water partition coefficient (Wildman–Crippen LogP) is 5.17. The lowest BCUT2D eigenvalue weighted by Gasteiger charge is -2.07. The molecule has 0 aliphatic rings. The Morgan fingerprint density at radius 1 is 1.03 bits per heavy atom. The van der Waals surface area contributed by atoms with E-state index in [1.165, 1.54) is 0 Å². The molecule has 150 valence electrons. The summed E-state index contributed by atoms with van der Waals surface area (Å²) < 4.78 is 39.6. The van der Waals surface area contributed by atoms with Crippen molar-refractivity contribution in [2.75, 3.05) is 0 Å². The first-order valence-corrected chi connectivity index (χ1v) is 9.41. The molecule has 0 saturated carbocycles. The van der Waals surface area contributed by atoms with E-state index in [4.69, 9.17) is 0 Å². The van der Waals surface area contributed by atoms with Gasteiger partial charge in [0.15, 0.2) is 0 Å². The maximum Gasteiger partial charge on any atom is 0.416 e. The zero-order chi connectivity index (χ0) is 20.4. The SMILES string of the molecule is Cc1[nH]nc2ccc(-c3cn(CCCCc4ccc(C(F)(F)F)cc4)nn3)cc12. The van der Waals surface area contributed by atoms with E-state index >= 15 is 0 Å². The molecule has 8 heteroatoms. The van der Waals surface area contributed by atoms with Gasteiger partial charge in [0.1, 0.15) is 5.69 Å². The predicted molar refractivity (Wildman–Crippen MR) is 104 cm³/mol. The van der Waals surface area contributed by atoms with Crippen molar-refractivity contribution in [3.05, 3.63) is 65.5 Å². The van der Waals surface area contributed by atoms with Crippen LogP contribution in [0.25, 0.3) is 22.2 Å². The maximum absolute atomic E-state index is 12.6. The molecule has 0 spiro atoms. The first kappa shape index (κ1) is 19.2. The number of rotatable bonds is 6. The molecule has 0 bridgehead atoms. The molecule has 0 unspecified atom stereocenters. The Bertz CT molecular complexity index is 1110. The van der Waals surface area contributed by atoms with E-state index in [1.54, 1.807) is 16.8 Å². The molecule has 2 heterocycles. The van der Waals surface area contributed by atoms with Crippen LogP contribution in [0.15, 0.2) is 48.7 Å².